The number of morpholine rings is 1. The van der Waals surface area contributed by atoms with Gasteiger partial charge in [-0.3, -0.25) is 4.79 Å². The minimum Gasteiger partial charge on any atom is -0.374 e. The van der Waals surface area contributed by atoms with Gasteiger partial charge in [0.2, 0.25) is 5.91 Å². The number of amides is 1. The number of nitrogens with zero attached hydrogens (tertiary/aromatic N) is 3. The lowest BCUT2D eigenvalue weighted by Gasteiger charge is -2.37. The zero-order chi connectivity index (χ0) is 18.0. The van der Waals surface area contributed by atoms with Crippen molar-refractivity contribution in [1.82, 2.24) is 15.0 Å². The Labute approximate surface area is 148 Å². The zero-order valence-corrected chi connectivity index (χ0v) is 15.3. The summed E-state index contributed by atoms with van der Waals surface area (Å²) in [5, 5.41) is 3.85. The number of aryl methyl sites for hydroxylation is 4. The van der Waals surface area contributed by atoms with E-state index < -0.39 is 0 Å². The van der Waals surface area contributed by atoms with Crippen LogP contribution in [0.3, 0.4) is 0 Å². The Morgan fingerprint density at radius 3 is 2.60 bits per heavy atom. The smallest absolute Gasteiger partial charge is 0.252 e. The highest BCUT2D eigenvalue weighted by atomic mass is 16.5. The maximum Gasteiger partial charge on any atom is 0.252 e. The third kappa shape index (κ3) is 4.07. The molecular formula is C19H25N3O3. The highest BCUT2D eigenvalue weighted by Crippen LogP contribution is 2.29. The molecule has 1 aliphatic rings. The largest absolute Gasteiger partial charge is 0.374 e. The molecule has 1 saturated heterocycles. The molecule has 2 atom stereocenters. The molecule has 25 heavy (non-hydrogen) atoms. The van der Waals surface area contributed by atoms with Crippen LogP contribution in [-0.2, 0) is 16.0 Å². The molecule has 0 N–H and O–H groups in total. The van der Waals surface area contributed by atoms with Gasteiger partial charge >= 0.3 is 0 Å². The lowest BCUT2D eigenvalue weighted by atomic mass is 10.0. The number of carbonyl (C=O) groups excluding carboxylic acids is 1. The van der Waals surface area contributed by atoms with Crippen LogP contribution in [0.1, 0.15) is 47.8 Å². The predicted octanol–water partition coefficient (Wildman–Crippen LogP) is 2.92. The molecule has 0 unspecified atom stereocenters. The normalized spacial score (nSPS) is 20.7. The lowest BCUT2D eigenvalue weighted by molar-refractivity contribution is -0.147. The van der Waals surface area contributed by atoms with Crippen LogP contribution in [0.2, 0.25) is 0 Å². The van der Waals surface area contributed by atoms with Crippen molar-refractivity contribution in [3.05, 3.63) is 46.6 Å². The van der Waals surface area contributed by atoms with Gasteiger partial charge in [0.05, 0.1) is 12.7 Å². The fourth-order valence-electron chi connectivity index (χ4n) is 3.48. The molecule has 0 bridgehead atoms. The summed E-state index contributed by atoms with van der Waals surface area (Å²) in [6.45, 7) is 8.94. The molecule has 3 rings (SSSR count). The van der Waals surface area contributed by atoms with E-state index in [0.717, 1.165) is 6.42 Å². The maximum absolute atomic E-state index is 12.9. The second kappa shape index (κ2) is 7.35. The van der Waals surface area contributed by atoms with Gasteiger partial charge < -0.3 is 14.2 Å². The van der Waals surface area contributed by atoms with Gasteiger partial charge in [-0.2, -0.15) is 4.98 Å². The van der Waals surface area contributed by atoms with E-state index in [0.29, 0.717) is 31.3 Å². The Bertz CT molecular complexity index is 736. The number of hydrogen-bond acceptors (Lipinski definition) is 5. The number of rotatable bonds is 4. The van der Waals surface area contributed by atoms with E-state index in [2.05, 4.69) is 42.2 Å². The number of aromatic nitrogens is 2. The molecule has 1 aromatic carbocycles. The SMILES string of the molecule is Cc1cc(C)cc(CCC(=O)N2CCO[C@H](C)[C@H]2c2nc(C)no2)c1. The van der Waals surface area contributed by atoms with Crippen molar-refractivity contribution in [2.75, 3.05) is 13.2 Å². The number of benzene rings is 1. The summed E-state index contributed by atoms with van der Waals surface area (Å²) < 4.78 is 11.0. The molecule has 0 radical (unpaired) electrons. The fourth-order valence-corrected chi connectivity index (χ4v) is 3.48. The molecular weight excluding hydrogens is 318 g/mol. The van der Waals surface area contributed by atoms with Gasteiger partial charge in [0.1, 0.15) is 6.04 Å². The molecule has 134 valence electrons. The highest BCUT2D eigenvalue weighted by Gasteiger charge is 2.37. The summed E-state index contributed by atoms with van der Waals surface area (Å²) in [5.41, 5.74) is 3.64. The Morgan fingerprint density at radius 2 is 1.96 bits per heavy atom. The Hall–Kier alpha value is -2.21. The standard InChI is InChI=1S/C19H25N3O3/c1-12-9-13(2)11-16(10-12)5-6-17(23)22-7-8-24-14(3)18(22)19-20-15(4)21-25-19/h9-11,14,18H,5-8H2,1-4H3/t14-,18+/m1/s1. The van der Waals surface area contributed by atoms with Crippen molar-refractivity contribution in [2.24, 2.45) is 0 Å². The molecule has 1 aromatic heterocycles. The van der Waals surface area contributed by atoms with Crippen molar-refractivity contribution in [3.8, 4) is 0 Å². The minimum absolute atomic E-state index is 0.0927. The average Bonchev–Trinajstić information content (AvgIpc) is 2.97. The molecule has 1 aliphatic heterocycles. The quantitative estimate of drug-likeness (QED) is 0.854. The number of hydrogen-bond donors (Lipinski definition) is 0. The van der Waals surface area contributed by atoms with Gasteiger partial charge in [0, 0.05) is 13.0 Å². The van der Waals surface area contributed by atoms with E-state index >= 15 is 0 Å². The topological polar surface area (TPSA) is 68.5 Å². The molecule has 1 fully saturated rings. The van der Waals surface area contributed by atoms with Crippen LogP contribution < -0.4 is 0 Å². The van der Waals surface area contributed by atoms with Gasteiger partial charge in [0.25, 0.3) is 5.89 Å². The van der Waals surface area contributed by atoms with Crippen LogP contribution in [0.25, 0.3) is 0 Å². The van der Waals surface area contributed by atoms with Crippen LogP contribution in [0.4, 0.5) is 0 Å². The van der Waals surface area contributed by atoms with Crippen molar-refractivity contribution in [1.29, 1.82) is 0 Å². The molecule has 0 spiro atoms. The summed E-state index contributed by atoms with van der Waals surface area (Å²) in [7, 11) is 0. The minimum atomic E-state index is -0.318. The van der Waals surface area contributed by atoms with Gasteiger partial charge in [-0.1, -0.05) is 34.5 Å². The molecule has 0 aliphatic carbocycles. The monoisotopic (exact) mass is 343 g/mol. The van der Waals surface area contributed by atoms with E-state index in [-0.39, 0.29) is 18.1 Å². The Kier molecular flexibility index (Phi) is 5.18. The van der Waals surface area contributed by atoms with E-state index in [1.807, 2.05) is 11.8 Å². The van der Waals surface area contributed by atoms with Crippen molar-refractivity contribution < 1.29 is 14.1 Å². The third-order valence-corrected chi connectivity index (χ3v) is 4.52. The van der Waals surface area contributed by atoms with E-state index in [1.165, 1.54) is 16.7 Å². The molecule has 2 heterocycles. The Balaban J connectivity index is 1.72. The van der Waals surface area contributed by atoms with Crippen LogP contribution in [0, 0.1) is 20.8 Å². The molecule has 2 aromatic rings. The first-order valence-electron chi connectivity index (χ1n) is 8.72. The summed E-state index contributed by atoms with van der Waals surface area (Å²) in [5.74, 6) is 1.11. The predicted molar refractivity (Wildman–Crippen MR) is 93.1 cm³/mol. The molecule has 1 amide bonds. The Morgan fingerprint density at radius 1 is 1.24 bits per heavy atom. The average molecular weight is 343 g/mol. The number of ether oxygens (including phenoxy) is 1. The molecule has 6 nitrogen and oxygen atoms in total. The second-order valence-electron chi connectivity index (χ2n) is 6.78. The van der Waals surface area contributed by atoms with E-state index in [1.54, 1.807) is 6.92 Å². The lowest BCUT2D eigenvalue weighted by Crippen LogP contribution is -2.47. The summed E-state index contributed by atoms with van der Waals surface area (Å²) in [6, 6.07) is 6.10. The van der Waals surface area contributed by atoms with Gasteiger partial charge in [-0.25, -0.2) is 0 Å². The van der Waals surface area contributed by atoms with Gasteiger partial charge in [0.15, 0.2) is 5.82 Å². The van der Waals surface area contributed by atoms with Crippen molar-refractivity contribution in [3.63, 3.8) is 0 Å². The molecule has 0 saturated carbocycles. The van der Waals surface area contributed by atoms with Gasteiger partial charge in [-0.05, 0) is 39.7 Å². The molecule has 6 heteroatoms. The second-order valence-corrected chi connectivity index (χ2v) is 6.78. The van der Waals surface area contributed by atoms with E-state index in [4.69, 9.17) is 9.26 Å². The zero-order valence-electron chi connectivity index (χ0n) is 15.3. The summed E-state index contributed by atoms with van der Waals surface area (Å²) >= 11 is 0. The van der Waals surface area contributed by atoms with Crippen LogP contribution in [0.5, 0.6) is 0 Å². The van der Waals surface area contributed by atoms with Crippen LogP contribution in [-0.4, -0.2) is 40.2 Å². The third-order valence-electron chi connectivity index (χ3n) is 4.52. The first kappa shape index (κ1) is 17.6. The summed E-state index contributed by atoms with van der Waals surface area (Å²) in [4.78, 5) is 19.0. The van der Waals surface area contributed by atoms with Crippen molar-refractivity contribution >= 4 is 5.91 Å². The maximum atomic E-state index is 12.9. The van der Waals surface area contributed by atoms with Crippen LogP contribution >= 0.6 is 0 Å². The number of carbonyl (C=O) groups is 1. The van der Waals surface area contributed by atoms with Crippen LogP contribution in [0.15, 0.2) is 22.7 Å². The first-order chi connectivity index (χ1) is 11.9. The highest BCUT2D eigenvalue weighted by molar-refractivity contribution is 5.77. The first-order valence-corrected chi connectivity index (χ1v) is 8.72. The van der Waals surface area contributed by atoms with Crippen molar-refractivity contribution in [2.45, 2.75) is 52.7 Å². The van der Waals surface area contributed by atoms with E-state index in [9.17, 15) is 4.79 Å². The summed E-state index contributed by atoms with van der Waals surface area (Å²) in [6.07, 6.45) is 1.01. The fraction of sp³-hybridized carbons (Fsp3) is 0.526. The van der Waals surface area contributed by atoms with Gasteiger partial charge in [-0.15, -0.1) is 0 Å².